The highest BCUT2D eigenvalue weighted by Crippen LogP contribution is 2.30. The van der Waals surface area contributed by atoms with Gasteiger partial charge in [0, 0.05) is 31.2 Å². The third-order valence-electron chi connectivity index (χ3n) is 5.51. The van der Waals surface area contributed by atoms with Gasteiger partial charge in [-0.3, -0.25) is 9.78 Å². The van der Waals surface area contributed by atoms with Crippen molar-refractivity contribution in [2.24, 2.45) is 0 Å². The van der Waals surface area contributed by atoms with Crippen LogP contribution in [0.15, 0.2) is 73.1 Å². The number of fused-ring (bicyclic) bond motifs is 1. The summed E-state index contributed by atoms with van der Waals surface area (Å²) in [5.74, 6) is -0.215. The van der Waals surface area contributed by atoms with Crippen molar-refractivity contribution in [2.75, 3.05) is 18.0 Å². The Balaban J connectivity index is 1.55. The fourth-order valence-corrected chi connectivity index (χ4v) is 3.97. The molecule has 3 aromatic rings. The van der Waals surface area contributed by atoms with Crippen LogP contribution in [0.4, 0.5) is 10.1 Å². The van der Waals surface area contributed by atoms with E-state index >= 15 is 0 Å². The largest absolute Gasteiger partial charge is 0.358 e. The summed E-state index contributed by atoms with van der Waals surface area (Å²) in [6, 6.07) is 18.6. The number of pyridine rings is 1. The van der Waals surface area contributed by atoms with E-state index in [9.17, 15) is 9.18 Å². The van der Waals surface area contributed by atoms with Gasteiger partial charge in [-0.1, -0.05) is 30.3 Å². The maximum absolute atomic E-state index is 13.8. The molecular weight excluding hydrogens is 365 g/mol. The zero-order chi connectivity index (χ0) is 20.2. The predicted molar refractivity (Wildman–Crippen MR) is 112 cm³/mol. The molecule has 4 rings (SSSR count). The van der Waals surface area contributed by atoms with Gasteiger partial charge in [-0.05, 0) is 60.4 Å². The molecule has 1 aromatic heterocycles. The van der Waals surface area contributed by atoms with E-state index in [-0.39, 0.29) is 24.3 Å². The van der Waals surface area contributed by atoms with Crippen LogP contribution in [0.3, 0.4) is 0 Å². The van der Waals surface area contributed by atoms with Crippen molar-refractivity contribution in [1.29, 1.82) is 0 Å². The third-order valence-corrected chi connectivity index (χ3v) is 5.51. The SMILES string of the molecule is CC1c2cc(F)ccc2CCN1C(=O)CN(Cc1cccnc1)c1ccccc1. The van der Waals surface area contributed by atoms with Crippen molar-refractivity contribution in [1.82, 2.24) is 9.88 Å². The van der Waals surface area contributed by atoms with Crippen LogP contribution in [0, 0.1) is 5.82 Å². The Morgan fingerprint density at radius 1 is 1.17 bits per heavy atom. The average Bonchev–Trinajstić information content (AvgIpc) is 2.75. The average molecular weight is 389 g/mol. The molecule has 1 aliphatic heterocycles. The zero-order valence-electron chi connectivity index (χ0n) is 16.5. The first-order chi connectivity index (χ1) is 14.1. The Morgan fingerprint density at radius 3 is 2.76 bits per heavy atom. The van der Waals surface area contributed by atoms with Gasteiger partial charge >= 0.3 is 0 Å². The maximum Gasteiger partial charge on any atom is 0.242 e. The van der Waals surface area contributed by atoms with Crippen LogP contribution < -0.4 is 4.90 Å². The second-order valence-electron chi connectivity index (χ2n) is 7.41. The van der Waals surface area contributed by atoms with Gasteiger partial charge in [0.25, 0.3) is 0 Å². The maximum atomic E-state index is 13.8. The Bertz CT molecular complexity index is 978. The molecule has 0 N–H and O–H groups in total. The highest BCUT2D eigenvalue weighted by molar-refractivity contribution is 5.82. The third kappa shape index (κ3) is 4.29. The van der Waals surface area contributed by atoms with E-state index in [1.165, 1.54) is 6.07 Å². The monoisotopic (exact) mass is 389 g/mol. The number of hydrogen-bond donors (Lipinski definition) is 0. The number of carbonyl (C=O) groups is 1. The van der Waals surface area contributed by atoms with Gasteiger partial charge in [-0.15, -0.1) is 0 Å². The number of rotatable bonds is 5. The van der Waals surface area contributed by atoms with Crippen LogP contribution in [0.25, 0.3) is 0 Å². The minimum absolute atomic E-state index is 0.0418. The summed E-state index contributed by atoms with van der Waals surface area (Å²) in [6.07, 6.45) is 4.32. The molecule has 0 aliphatic carbocycles. The van der Waals surface area contributed by atoms with Crippen LogP contribution in [0.5, 0.6) is 0 Å². The first-order valence-electron chi connectivity index (χ1n) is 9.88. The molecule has 0 radical (unpaired) electrons. The van der Waals surface area contributed by atoms with Crippen molar-refractivity contribution < 1.29 is 9.18 Å². The summed E-state index contributed by atoms with van der Waals surface area (Å²) in [5, 5.41) is 0. The van der Waals surface area contributed by atoms with E-state index in [1.807, 2.05) is 66.6 Å². The van der Waals surface area contributed by atoms with Gasteiger partial charge in [0.05, 0.1) is 12.6 Å². The van der Waals surface area contributed by atoms with E-state index in [4.69, 9.17) is 0 Å². The lowest BCUT2D eigenvalue weighted by Gasteiger charge is -2.37. The number of para-hydroxylation sites is 1. The van der Waals surface area contributed by atoms with Gasteiger partial charge < -0.3 is 9.80 Å². The first kappa shape index (κ1) is 19.1. The molecular formula is C24H24FN3O. The van der Waals surface area contributed by atoms with Crippen LogP contribution in [0.1, 0.15) is 29.7 Å². The standard InChI is InChI=1S/C24H24FN3O/c1-18-23-14-21(25)10-9-20(23)11-13-28(18)24(29)17-27(22-7-3-2-4-8-22)16-19-6-5-12-26-15-19/h2-10,12,14-15,18H,11,13,16-17H2,1H3. The highest BCUT2D eigenvalue weighted by Gasteiger charge is 2.29. The van der Waals surface area contributed by atoms with E-state index < -0.39 is 0 Å². The highest BCUT2D eigenvalue weighted by atomic mass is 19.1. The number of hydrogen-bond acceptors (Lipinski definition) is 3. The van der Waals surface area contributed by atoms with E-state index in [0.29, 0.717) is 13.1 Å². The first-order valence-corrected chi connectivity index (χ1v) is 9.88. The second-order valence-corrected chi connectivity index (χ2v) is 7.41. The van der Waals surface area contributed by atoms with Gasteiger partial charge in [0.1, 0.15) is 5.82 Å². The van der Waals surface area contributed by atoms with Crippen LogP contribution in [-0.4, -0.2) is 28.9 Å². The molecule has 5 heteroatoms. The molecule has 2 aromatic carbocycles. The molecule has 0 spiro atoms. The summed E-state index contributed by atoms with van der Waals surface area (Å²) in [5.41, 5.74) is 4.06. The Morgan fingerprint density at radius 2 is 2.00 bits per heavy atom. The number of carbonyl (C=O) groups excluding carboxylic acids is 1. The lowest BCUT2D eigenvalue weighted by Crippen LogP contribution is -2.44. The summed E-state index contributed by atoms with van der Waals surface area (Å²) in [6.45, 7) is 3.47. The number of anilines is 1. The van der Waals surface area contributed by atoms with E-state index in [0.717, 1.165) is 28.8 Å². The molecule has 0 fully saturated rings. The van der Waals surface area contributed by atoms with E-state index in [1.54, 1.807) is 12.3 Å². The summed E-state index contributed by atoms with van der Waals surface area (Å²) >= 11 is 0. The zero-order valence-corrected chi connectivity index (χ0v) is 16.5. The molecule has 1 aliphatic rings. The number of amides is 1. The quantitative estimate of drug-likeness (QED) is 0.650. The van der Waals surface area contributed by atoms with E-state index in [2.05, 4.69) is 9.88 Å². The van der Waals surface area contributed by atoms with Crippen molar-refractivity contribution in [3.05, 3.63) is 95.6 Å². The summed E-state index contributed by atoms with van der Waals surface area (Å²) < 4.78 is 13.8. The minimum Gasteiger partial charge on any atom is -0.358 e. The van der Waals surface area contributed by atoms with Crippen molar-refractivity contribution in [3.63, 3.8) is 0 Å². The molecule has 2 heterocycles. The minimum atomic E-state index is -0.257. The summed E-state index contributed by atoms with van der Waals surface area (Å²) in [4.78, 5) is 21.4. The fourth-order valence-electron chi connectivity index (χ4n) is 3.97. The Kier molecular flexibility index (Phi) is 5.56. The molecule has 1 amide bonds. The lowest BCUT2D eigenvalue weighted by molar-refractivity contribution is -0.132. The van der Waals surface area contributed by atoms with Crippen LogP contribution >= 0.6 is 0 Å². The number of nitrogens with zero attached hydrogens (tertiary/aromatic N) is 3. The fraction of sp³-hybridized carbons (Fsp3) is 0.250. The summed E-state index contributed by atoms with van der Waals surface area (Å²) in [7, 11) is 0. The normalized spacial score (nSPS) is 15.7. The number of aromatic nitrogens is 1. The number of halogens is 1. The van der Waals surface area contributed by atoms with Crippen molar-refractivity contribution in [2.45, 2.75) is 25.9 Å². The van der Waals surface area contributed by atoms with Crippen LogP contribution in [-0.2, 0) is 17.8 Å². The lowest BCUT2D eigenvalue weighted by atomic mass is 9.93. The van der Waals surface area contributed by atoms with Gasteiger partial charge in [-0.25, -0.2) is 4.39 Å². The molecule has 0 bridgehead atoms. The smallest absolute Gasteiger partial charge is 0.242 e. The molecule has 0 saturated heterocycles. The van der Waals surface area contributed by atoms with Gasteiger partial charge in [0.2, 0.25) is 5.91 Å². The van der Waals surface area contributed by atoms with Crippen LogP contribution in [0.2, 0.25) is 0 Å². The molecule has 0 saturated carbocycles. The Hall–Kier alpha value is -3.21. The molecule has 1 atom stereocenters. The molecule has 4 nitrogen and oxygen atoms in total. The topological polar surface area (TPSA) is 36.4 Å². The molecule has 148 valence electrons. The van der Waals surface area contributed by atoms with Crippen molar-refractivity contribution >= 4 is 11.6 Å². The Labute approximate surface area is 170 Å². The molecule has 29 heavy (non-hydrogen) atoms. The van der Waals surface area contributed by atoms with Gasteiger partial charge in [0.15, 0.2) is 0 Å². The molecule has 1 unspecified atom stereocenters. The number of benzene rings is 2. The van der Waals surface area contributed by atoms with Crippen molar-refractivity contribution in [3.8, 4) is 0 Å². The van der Waals surface area contributed by atoms with Gasteiger partial charge in [-0.2, -0.15) is 0 Å². The second kappa shape index (κ2) is 8.43. The predicted octanol–water partition coefficient (Wildman–Crippen LogP) is 4.37.